The number of amides is 2. The van der Waals surface area contributed by atoms with Crippen molar-refractivity contribution in [2.24, 2.45) is 11.7 Å². The molecule has 0 aromatic rings. The van der Waals surface area contributed by atoms with Crippen molar-refractivity contribution >= 4 is 17.8 Å². The molecule has 2 amide bonds. The topological polar surface area (TPSA) is 101 Å². The number of hydrogen-bond donors (Lipinski definition) is 2. The smallest absolute Gasteiger partial charge is 0.303 e. The number of likely N-dealkylation sites (tertiary alicyclic amines) is 1. The highest BCUT2D eigenvalue weighted by atomic mass is 16.4. The second-order valence-corrected chi connectivity index (χ2v) is 3.64. The normalized spacial score (nSPS) is 20.7. The molecule has 0 bridgehead atoms. The van der Waals surface area contributed by atoms with Crippen LogP contribution in [0.25, 0.3) is 0 Å². The Morgan fingerprint density at radius 3 is 2.67 bits per heavy atom. The van der Waals surface area contributed by atoms with E-state index in [9.17, 15) is 14.4 Å². The molecule has 0 saturated carbocycles. The van der Waals surface area contributed by atoms with E-state index in [1.165, 1.54) is 4.90 Å². The van der Waals surface area contributed by atoms with Crippen LogP contribution in [-0.4, -0.2) is 40.9 Å². The Morgan fingerprint density at radius 2 is 2.20 bits per heavy atom. The minimum atomic E-state index is -0.881. The summed E-state index contributed by atoms with van der Waals surface area (Å²) >= 11 is 0. The van der Waals surface area contributed by atoms with Gasteiger partial charge in [0.15, 0.2) is 0 Å². The molecule has 3 N–H and O–H groups in total. The molecule has 6 heteroatoms. The van der Waals surface area contributed by atoms with Gasteiger partial charge in [0.25, 0.3) is 0 Å². The number of carboxylic acids is 1. The molecule has 1 unspecified atom stereocenters. The van der Waals surface area contributed by atoms with Crippen molar-refractivity contribution in [2.75, 3.05) is 13.1 Å². The number of carbonyl (C=O) groups excluding carboxylic acids is 2. The molecule has 1 heterocycles. The van der Waals surface area contributed by atoms with E-state index in [2.05, 4.69) is 0 Å². The fraction of sp³-hybridized carbons (Fsp3) is 0.667. The van der Waals surface area contributed by atoms with E-state index in [1.807, 2.05) is 0 Å². The van der Waals surface area contributed by atoms with E-state index in [4.69, 9.17) is 10.8 Å². The molecular weight excluding hydrogens is 200 g/mol. The predicted molar refractivity (Wildman–Crippen MR) is 50.8 cm³/mol. The second-order valence-electron chi connectivity index (χ2n) is 3.64. The molecule has 0 aromatic carbocycles. The fourth-order valence-corrected chi connectivity index (χ4v) is 1.60. The van der Waals surface area contributed by atoms with Crippen LogP contribution in [-0.2, 0) is 14.4 Å². The highest BCUT2D eigenvalue weighted by Crippen LogP contribution is 2.17. The zero-order chi connectivity index (χ0) is 11.4. The van der Waals surface area contributed by atoms with Gasteiger partial charge in [0, 0.05) is 25.9 Å². The van der Waals surface area contributed by atoms with Gasteiger partial charge in [-0.15, -0.1) is 0 Å². The van der Waals surface area contributed by atoms with E-state index in [-0.39, 0.29) is 18.7 Å². The van der Waals surface area contributed by atoms with E-state index in [1.54, 1.807) is 0 Å². The van der Waals surface area contributed by atoms with Gasteiger partial charge in [0.1, 0.15) is 0 Å². The SMILES string of the molecule is NC(=O)C1CC(=O)N(CCCC(=O)O)C1. The first-order valence-corrected chi connectivity index (χ1v) is 4.79. The van der Waals surface area contributed by atoms with E-state index in [0.29, 0.717) is 19.5 Å². The number of nitrogens with zero attached hydrogens (tertiary/aromatic N) is 1. The number of carbonyl (C=O) groups is 3. The largest absolute Gasteiger partial charge is 0.481 e. The maximum Gasteiger partial charge on any atom is 0.303 e. The summed E-state index contributed by atoms with van der Waals surface area (Å²) < 4.78 is 0. The van der Waals surface area contributed by atoms with Crippen LogP contribution >= 0.6 is 0 Å². The first-order valence-electron chi connectivity index (χ1n) is 4.79. The van der Waals surface area contributed by atoms with E-state index in [0.717, 1.165) is 0 Å². The van der Waals surface area contributed by atoms with Gasteiger partial charge in [-0.25, -0.2) is 0 Å². The van der Waals surface area contributed by atoms with Crippen LogP contribution in [0.2, 0.25) is 0 Å². The maximum atomic E-state index is 11.3. The summed E-state index contributed by atoms with van der Waals surface area (Å²) in [6, 6.07) is 0. The Kier molecular flexibility index (Phi) is 3.65. The average molecular weight is 214 g/mol. The zero-order valence-corrected chi connectivity index (χ0v) is 8.31. The standard InChI is InChI=1S/C9H14N2O4/c10-9(15)6-4-7(12)11(5-6)3-1-2-8(13)14/h6H,1-5H2,(H2,10,15)(H,13,14). The first kappa shape index (κ1) is 11.5. The summed E-state index contributed by atoms with van der Waals surface area (Å²) in [5.74, 6) is -1.89. The number of carboxylic acid groups (broad SMARTS) is 1. The fourth-order valence-electron chi connectivity index (χ4n) is 1.60. The number of aliphatic carboxylic acids is 1. The first-order chi connectivity index (χ1) is 7.00. The Labute approximate surface area is 87.0 Å². The van der Waals surface area contributed by atoms with E-state index >= 15 is 0 Å². The van der Waals surface area contributed by atoms with Crippen LogP contribution in [0.1, 0.15) is 19.3 Å². The van der Waals surface area contributed by atoms with Crippen molar-refractivity contribution in [3.05, 3.63) is 0 Å². The monoisotopic (exact) mass is 214 g/mol. The van der Waals surface area contributed by atoms with Crippen LogP contribution in [0.5, 0.6) is 0 Å². The van der Waals surface area contributed by atoms with Crippen molar-refractivity contribution in [1.29, 1.82) is 0 Å². The number of primary amides is 1. The summed E-state index contributed by atoms with van der Waals surface area (Å²) in [5, 5.41) is 8.42. The third-order valence-electron chi connectivity index (χ3n) is 2.44. The maximum absolute atomic E-state index is 11.3. The molecule has 0 aromatic heterocycles. The van der Waals surface area contributed by atoms with Crippen LogP contribution in [0.4, 0.5) is 0 Å². The predicted octanol–water partition coefficient (Wildman–Crippen LogP) is -0.815. The van der Waals surface area contributed by atoms with Gasteiger partial charge in [-0.3, -0.25) is 14.4 Å². The number of rotatable bonds is 5. The number of hydrogen-bond acceptors (Lipinski definition) is 3. The Balaban J connectivity index is 2.34. The van der Waals surface area contributed by atoms with Crippen LogP contribution in [0.15, 0.2) is 0 Å². The molecule has 0 spiro atoms. The Morgan fingerprint density at radius 1 is 1.53 bits per heavy atom. The molecule has 6 nitrogen and oxygen atoms in total. The van der Waals surface area contributed by atoms with Crippen molar-refractivity contribution in [2.45, 2.75) is 19.3 Å². The third-order valence-corrected chi connectivity index (χ3v) is 2.44. The van der Waals surface area contributed by atoms with Gasteiger partial charge in [0.2, 0.25) is 11.8 Å². The second kappa shape index (κ2) is 4.77. The minimum absolute atomic E-state index is 0.0328. The summed E-state index contributed by atoms with van der Waals surface area (Å²) in [4.78, 5) is 33.9. The Hall–Kier alpha value is -1.59. The molecule has 84 valence electrons. The van der Waals surface area contributed by atoms with Crippen LogP contribution in [0.3, 0.4) is 0 Å². The van der Waals surface area contributed by atoms with Gasteiger partial charge in [-0.05, 0) is 6.42 Å². The molecule has 0 aliphatic carbocycles. The van der Waals surface area contributed by atoms with Crippen LogP contribution < -0.4 is 5.73 Å². The van der Waals surface area contributed by atoms with Crippen molar-refractivity contribution in [3.63, 3.8) is 0 Å². The zero-order valence-electron chi connectivity index (χ0n) is 8.31. The average Bonchev–Trinajstić information content (AvgIpc) is 2.47. The quantitative estimate of drug-likeness (QED) is 0.624. The molecular formula is C9H14N2O4. The molecule has 0 radical (unpaired) electrons. The van der Waals surface area contributed by atoms with Gasteiger partial charge in [-0.2, -0.15) is 0 Å². The van der Waals surface area contributed by atoms with Crippen molar-refractivity contribution in [3.8, 4) is 0 Å². The molecule has 1 atom stereocenters. The van der Waals surface area contributed by atoms with Crippen LogP contribution in [0, 0.1) is 5.92 Å². The Bertz CT molecular complexity index is 290. The van der Waals surface area contributed by atoms with Gasteiger partial charge >= 0.3 is 5.97 Å². The lowest BCUT2D eigenvalue weighted by Crippen LogP contribution is -2.29. The lowest BCUT2D eigenvalue weighted by molar-refractivity contribution is -0.137. The summed E-state index contributed by atoms with van der Waals surface area (Å²) in [6.45, 7) is 0.711. The lowest BCUT2D eigenvalue weighted by atomic mass is 10.1. The lowest BCUT2D eigenvalue weighted by Gasteiger charge is -2.14. The van der Waals surface area contributed by atoms with E-state index < -0.39 is 17.8 Å². The molecule has 1 rings (SSSR count). The van der Waals surface area contributed by atoms with Gasteiger partial charge in [0.05, 0.1) is 5.92 Å². The van der Waals surface area contributed by atoms with Gasteiger partial charge in [-0.1, -0.05) is 0 Å². The molecule has 1 aliphatic heterocycles. The highest BCUT2D eigenvalue weighted by molar-refractivity contribution is 5.88. The summed E-state index contributed by atoms with van der Waals surface area (Å²) in [6.07, 6.45) is 0.597. The summed E-state index contributed by atoms with van der Waals surface area (Å²) in [7, 11) is 0. The molecule has 1 fully saturated rings. The highest BCUT2D eigenvalue weighted by Gasteiger charge is 2.32. The number of nitrogens with two attached hydrogens (primary N) is 1. The minimum Gasteiger partial charge on any atom is -0.481 e. The van der Waals surface area contributed by atoms with Crippen molar-refractivity contribution in [1.82, 2.24) is 4.90 Å². The molecule has 15 heavy (non-hydrogen) atoms. The third kappa shape index (κ3) is 3.23. The van der Waals surface area contributed by atoms with Gasteiger partial charge < -0.3 is 15.7 Å². The molecule has 1 saturated heterocycles. The van der Waals surface area contributed by atoms with Crippen molar-refractivity contribution < 1.29 is 19.5 Å². The summed E-state index contributed by atoms with van der Waals surface area (Å²) in [5.41, 5.74) is 5.09. The molecule has 1 aliphatic rings.